The van der Waals surface area contributed by atoms with E-state index >= 15 is 0 Å². The summed E-state index contributed by atoms with van der Waals surface area (Å²) in [6.45, 7) is 4.94. The van der Waals surface area contributed by atoms with Gasteiger partial charge in [-0.1, -0.05) is 36.4 Å². The number of carbonyl (C=O) groups is 3. The molecule has 1 saturated heterocycles. The van der Waals surface area contributed by atoms with Gasteiger partial charge < -0.3 is 19.1 Å². The summed E-state index contributed by atoms with van der Waals surface area (Å²) < 4.78 is 15.3. The van der Waals surface area contributed by atoms with E-state index in [4.69, 9.17) is 14.2 Å². The first-order chi connectivity index (χ1) is 13.5. The summed E-state index contributed by atoms with van der Waals surface area (Å²) in [6, 6.07) is 9.50. The van der Waals surface area contributed by atoms with Crippen LogP contribution >= 0.6 is 0 Å². The summed E-state index contributed by atoms with van der Waals surface area (Å²) in [6.07, 6.45) is 2.51. The molecule has 1 aromatic carbocycles. The van der Waals surface area contributed by atoms with Crippen molar-refractivity contribution in [3.63, 3.8) is 0 Å². The second-order valence-corrected chi connectivity index (χ2v) is 6.39. The normalized spacial score (nSPS) is 14.1. The van der Waals surface area contributed by atoms with Crippen molar-refractivity contribution in [2.45, 2.75) is 33.3 Å². The maximum Gasteiger partial charge on any atom is 0.410 e. The standard InChI is InChI=1S/C21H27NO6/c1-3-26-19(23)18(20(24)27-4-2)14-16-10-12-22(13-11-16)21(25)28-15-17-8-6-5-7-9-17/h5-9,14,16H,3-4,10-13,15H2,1-2H3. The fraction of sp³-hybridized carbons (Fsp3) is 0.476. The Labute approximate surface area is 165 Å². The number of hydrogen-bond donors (Lipinski definition) is 0. The van der Waals surface area contributed by atoms with Crippen molar-refractivity contribution < 1.29 is 28.6 Å². The van der Waals surface area contributed by atoms with Crippen molar-refractivity contribution in [3.8, 4) is 0 Å². The Kier molecular flexibility index (Phi) is 8.52. The number of ether oxygens (including phenoxy) is 3. The number of benzene rings is 1. The van der Waals surface area contributed by atoms with Crippen molar-refractivity contribution in [1.82, 2.24) is 4.90 Å². The molecule has 0 N–H and O–H groups in total. The predicted octanol–water partition coefficient (Wildman–Crippen LogP) is 3.09. The number of hydrogen-bond acceptors (Lipinski definition) is 6. The highest BCUT2D eigenvalue weighted by molar-refractivity contribution is 6.14. The third-order valence-corrected chi connectivity index (χ3v) is 4.40. The lowest BCUT2D eigenvalue weighted by Crippen LogP contribution is -2.38. The molecule has 152 valence electrons. The molecule has 0 radical (unpaired) electrons. The molecule has 1 amide bonds. The van der Waals surface area contributed by atoms with Gasteiger partial charge in [0.05, 0.1) is 13.2 Å². The van der Waals surface area contributed by atoms with E-state index < -0.39 is 11.9 Å². The van der Waals surface area contributed by atoms with Crippen LogP contribution in [0.4, 0.5) is 4.79 Å². The van der Waals surface area contributed by atoms with Crippen LogP contribution in [0, 0.1) is 5.92 Å². The maximum absolute atomic E-state index is 12.2. The molecule has 1 fully saturated rings. The lowest BCUT2D eigenvalue weighted by molar-refractivity contribution is -0.146. The first kappa shape index (κ1) is 21.5. The van der Waals surface area contributed by atoms with Crippen LogP contribution in [0.1, 0.15) is 32.3 Å². The van der Waals surface area contributed by atoms with E-state index in [2.05, 4.69) is 0 Å². The van der Waals surface area contributed by atoms with Crippen LogP contribution in [0.2, 0.25) is 0 Å². The van der Waals surface area contributed by atoms with Gasteiger partial charge in [0, 0.05) is 13.1 Å². The van der Waals surface area contributed by atoms with Gasteiger partial charge in [-0.2, -0.15) is 0 Å². The Balaban J connectivity index is 1.89. The highest BCUT2D eigenvalue weighted by Crippen LogP contribution is 2.22. The minimum absolute atomic E-state index is 0.0121. The summed E-state index contributed by atoms with van der Waals surface area (Å²) >= 11 is 0. The van der Waals surface area contributed by atoms with E-state index in [9.17, 15) is 14.4 Å². The van der Waals surface area contributed by atoms with Crippen molar-refractivity contribution >= 4 is 18.0 Å². The molecule has 7 nitrogen and oxygen atoms in total. The van der Waals surface area contributed by atoms with E-state index in [1.54, 1.807) is 24.8 Å². The number of piperidine rings is 1. The van der Waals surface area contributed by atoms with Gasteiger partial charge in [-0.3, -0.25) is 0 Å². The summed E-state index contributed by atoms with van der Waals surface area (Å²) in [5.41, 5.74) is 0.857. The average Bonchev–Trinajstić information content (AvgIpc) is 2.71. The highest BCUT2D eigenvalue weighted by atomic mass is 16.6. The monoisotopic (exact) mass is 389 g/mol. The number of nitrogens with zero attached hydrogens (tertiary/aromatic N) is 1. The molecule has 1 heterocycles. The molecule has 0 aromatic heterocycles. The summed E-state index contributed by atoms with van der Waals surface area (Å²) in [7, 11) is 0. The minimum Gasteiger partial charge on any atom is -0.462 e. The van der Waals surface area contributed by atoms with Gasteiger partial charge in [-0.05, 0) is 38.2 Å². The van der Waals surface area contributed by atoms with Gasteiger partial charge in [-0.15, -0.1) is 0 Å². The van der Waals surface area contributed by atoms with E-state index in [0.29, 0.717) is 25.9 Å². The number of likely N-dealkylation sites (tertiary alicyclic amines) is 1. The molecular formula is C21H27NO6. The fourth-order valence-electron chi connectivity index (χ4n) is 2.93. The Bertz CT molecular complexity index is 672. The molecule has 0 bridgehead atoms. The summed E-state index contributed by atoms with van der Waals surface area (Å²) in [4.78, 5) is 38.0. The van der Waals surface area contributed by atoms with E-state index in [1.807, 2.05) is 30.3 Å². The first-order valence-electron chi connectivity index (χ1n) is 9.56. The second-order valence-electron chi connectivity index (χ2n) is 6.39. The predicted molar refractivity (Wildman–Crippen MR) is 102 cm³/mol. The third-order valence-electron chi connectivity index (χ3n) is 4.40. The number of esters is 2. The Morgan fingerprint density at radius 1 is 0.964 bits per heavy atom. The molecule has 1 aromatic rings. The Hall–Kier alpha value is -2.83. The van der Waals surface area contributed by atoms with E-state index in [-0.39, 0.29) is 37.4 Å². The first-order valence-corrected chi connectivity index (χ1v) is 9.56. The van der Waals surface area contributed by atoms with Crippen LogP contribution in [0.3, 0.4) is 0 Å². The smallest absolute Gasteiger partial charge is 0.410 e. The lowest BCUT2D eigenvalue weighted by Gasteiger charge is -2.30. The van der Waals surface area contributed by atoms with Gasteiger partial charge >= 0.3 is 18.0 Å². The van der Waals surface area contributed by atoms with Gasteiger partial charge in [0.25, 0.3) is 0 Å². The Morgan fingerprint density at radius 3 is 2.07 bits per heavy atom. The van der Waals surface area contributed by atoms with Crippen LogP contribution in [-0.2, 0) is 30.4 Å². The summed E-state index contributed by atoms with van der Waals surface area (Å²) in [5.74, 6) is -1.36. The zero-order chi connectivity index (χ0) is 20.4. The van der Waals surface area contributed by atoms with Crippen LogP contribution in [0.5, 0.6) is 0 Å². The third kappa shape index (κ3) is 6.40. The second kappa shape index (κ2) is 11.1. The number of amides is 1. The van der Waals surface area contributed by atoms with Crippen LogP contribution in [0.15, 0.2) is 42.0 Å². The molecular weight excluding hydrogens is 362 g/mol. The lowest BCUT2D eigenvalue weighted by atomic mass is 9.94. The van der Waals surface area contributed by atoms with Crippen LogP contribution in [-0.4, -0.2) is 49.2 Å². The van der Waals surface area contributed by atoms with Gasteiger partial charge in [0.15, 0.2) is 0 Å². The van der Waals surface area contributed by atoms with Crippen molar-refractivity contribution in [3.05, 3.63) is 47.5 Å². The SMILES string of the molecule is CCOC(=O)C(=CC1CCN(C(=O)OCc2ccccc2)CC1)C(=O)OCC. The van der Waals surface area contributed by atoms with E-state index in [1.165, 1.54) is 0 Å². The fourth-order valence-corrected chi connectivity index (χ4v) is 2.93. The topological polar surface area (TPSA) is 82.1 Å². The molecule has 0 atom stereocenters. The van der Waals surface area contributed by atoms with E-state index in [0.717, 1.165) is 5.56 Å². The summed E-state index contributed by atoms with van der Waals surface area (Å²) in [5, 5.41) is 0. The zero-order valence-electron chi connectivity index (χ0n) is 16.4. The largest absolute Gasteiger partial charge is 0.462 e. The number of allylic oxidation sites excluding steroid dienone is 1. The molecule has 7 heteroatoms. The van der Waals surface area contributed by atoms with Crippen LogP contribution < -0.4 is 0 Å². The molecule has 0 unspecified atom stereocenters. The van der Waals surface area contributed by atoms with Gasteiger partial charge in [-0.25, -0.2) is 14.4 Å². The Morgan fingerprint density at radius 2 is 1.54 bits per heavy atom. The van der Waals surface area contributed by atoms with Gasteiger partial charge in [0.2, 0.25) is 0 Å². The molecule has 0 saturated carbocycles. The molecule has 0 aliphatic carbocycles. The molecule has 0 spiro atoms. The number of carbonyl (C=O) groups excluding carboxylic acids is 3. The highest BCUT2D eigenvalue weighted by Gasteiger charge is 2.27. The molecule has 2 rings (SSSR count). The van der Waals surface area contributed by atoms with Gasteiger partial charge in [0.1, 0.15) is 12.2 Å². The molecule has 28 heavy (non-hydrogen) atoms. The average molecular weight is 389 g/mol. The minimum atomic E-state index is -0.675. The van der Waals surface area contributed by atoms with Crippen LogP contribution in [0.25, 0.3) is 0 Å². The van der Waals surface area contributed by atoms with Crippen molar-refractivity contribution in [1.29, 1.82) is 0 Å². The maximum atomic E-state index is 12.2. The molecule has 1 aliphatic rings. The zero-order valence-corrected chi connectivity index (χ0v) is 16.4. The molecule has 1 aliphatic heterocycles. The van der Waals surface area contributed by atoms with Crippen molar-refractivity contribution in [2.75, 3.05) is 26.3 Å². The number of rotatable bonds is 7. The van der Waals surface area contributed by atoms with Crippen molar-refractivity contribution in [2.24, 2.45) is 5.92 Å². The quantitative estimate of drug-likeness (QED) is 0.234.